The number of aryl methyl sites for hydroxylation is 3. The van der Waals surface area contributed by atoms with Crippen LogP contribution in [0.2, 0.25) is 0 Å². The molecule has 0 bridgehead atoms. The van der Waals surface area contributed by atoms with Crippen LogP contribution in [-0.2, 0) is 21.6 Å². The summed E-state index contributed by atoms with van der Waals surface area (Å²) in [6, 6.07) is 12.1. The van der Waals surface area contributed by atoms with Crippen LogP contribution in [-0.4, -0.2) is 42.6 Å². The SMILES string of the molecule is CCS(=O)(=O)c1ccc(Oc2c(C)cccc2C)c(-c2cn(C)c(=O)cc2OC2CCC(NC(=O)OC(C)(C)C)CC2)c1. The van der Waals surface area contributed by atoms with Gasteiger partial charge in [-0.3, -0.25) is 4.79 Å². The summed E-state index contributed by atoms with van der Waals surface area (Å²) >= 11 is 0. The van der Waals surface area contributed by atoms with E-state index < -0.39 is 21.5 Å². The molecule has 0 unspecified atom stereocenters. The van der Waals surface area contributed by atoms with Gasteiger partial charge in [-0.05, 0) is 89.6 Å². The van der Waals surface area contributed by atoms with E-state index in [0.29, 0.717) is 54.1 Å². The second-order valence-electron chi connectivity index (χ2n) is 12.1. The van der Waals surface area contributed by atoms with Gasteiger partial charge < -0.3 is 24.1 Å². The van der Waals surface area contributed by atoms with Crippen LogP contribution in [0.5, 0.6) is 17.2 Å². The minimum atomic E-state index is -3.53. The average molecular weight is 611 g/mol. The number of hydrogen-bond donors (Lipinski definition) is 1. The Labute approximate surface area is 254 Å². The van der Waals surface area contributed by atoms with Gasteiger partial charge in [0.2, 0.25) is 0 Å². The molecule has 232 valence electrons. The molecule has 0 atom stereocenters. The molecule has 9 nitrogen and oxygen atoms in total. The smallest absolute Gasteiger partial charge is 0.407 e. The van der Waals surface area contributed by atoms with Gasteiger partial charge in [0.15, 0.2) is 9.84 Å². The van der Waals surface area contributed by atoms with Crippen LogP contribution in [0.3, 0.4) is 0 Å². The minimum Gasteiger partial charge on any atom is -0.490 e. The molecule has 1 aliphatic carbocycles. The lowest BCUT2D eigenvalue weighted by Gasteiger charge is -2.31. The summed E-state index contributed by atoms with van der Waals surface area (Å²) in [6.07, 6.45) is 3.71. The van der Waals surface area contributed by atoms with Crippen molar-refractivity contribution in [3.63, 3.8) is 0 Å². The number of carbonyl (C=O) groups excluding carboxylic acids is 1. The Hall–Kier alpha value is -3.79. The third-order valence-electron chi connectivity index (χ3n) is 7.48. The topological polar surface area (TPSA) is 113 Å². The molecule has 2 aromatic carbocycles. The lowest BCUT2D eigenvalue weighted by Crippen LogP contribution is -2.42. The van der Waals surface area contributed by atoms with E-state index in [4.69, 9.17) is 14.2 Å². The normalized spacial score (nSPS) is 17.3. The van der Waals surface area contributed by atoms with Crippen LogP contribution in [0.15, 0.2) is 58.4 Å². The molecule has 1 aliphatic rings. The van der Waals surface area contributed by atoms with Crippen molar-refractivity contribution in [2.24, 2.45) is 7.05 Å². The Bertz CT molecular complexity index is 1630. The lowest BCUT2D eigenvalue weighted by atomic mass is 9.93. The van der Waals surface area contributed by atoms with Gasteiger partial charge in [0, 0.05) is 36.5 Å². The molecule has 1 N–H and O–H groups in total. The van der Waals surface area contributed by atoms with Gasteiger partial charge >= 0.3 is 6.09 Å². The molecule has 0 spiro atoms. The molecule has 10 heteroatoms. The Kier molecular flexibility index (Phi) is 9.59. The fourth-order valence-corrected chi connectivity index (χ4v) is 6.04. The van der Waals surface area contributed by atoms with Gasteiger partial charge in [0.25, 0.3) is 5.56 Å². The maximum Gasteiger partial charge on any atom is 0.407 e. The fourth-order valence-electron chi connectivity index (χ4n) is 5.13. The van der Waals surface area contributed by atoms with Gasteiger partial charge in [-0.1, -0.05) is 25.1 Å². The number of aromatic nitrogens is 1. The van der Waals surface area contributed by atoms with Crippen LogP contribution >= 0.6 is 0 Å². The highest BCUT2D eigenvalue weighted by Gasteiger charge is 2.27. The van der Waals surface area contributed by atoms with E-state index in [9.17, 15) is 18.0 Å². The van der Waals surface area contributed by atoms with Crippen molar-refractivity contribution in [2.45, 2.75) is 89.9 Å². The van der Waals surface area contributed by atoms with Crippen LogP contribution in [0, 0.1) is 13.8 Å². The second-order valence-corrected chi connectivity index (χ2v) is 14.4. The van der Waals surface area contributed by atoms with Crippen molar-refractivity contribution in [3.8, 4) is 28.4 Å². The zero-order chi connectivity index (χ0) is 31.5. The maximum atomic E-state index is 12.9. The predicted octanol–water partition coefficient (Wildman–Crippen LogP) is 6.47. The van der Waals surface area contributed by atoms with Crippen molar-refractivity contribution in [1.82, 2.24) is 9.88 Å². The lowest BCUT2D eigenvalue weighted by molar-refractivity contribution is 0.0471. The summed E-state index contributed by atoms with van der Waals surface area (Å²) < 4.78 is 45.5. The number of carbonyl (C=O) groups is 1. The van der Waals surface area contributed by atoms with Gasteiger partial charge in [-0.25, -0.2) is 13.2 Å². The van der Waals surface area contributed by atoms with Crippen molar-refractivity contribution in [2.75, 3.05) is 5.75 Å². The number of sulfone groups is 1. The molecule has 0 saturated heterocycles. The third kappa shape index (κ3) is 7.98. The Morgan fingerprint density at radius 3 is 2.23 bits per heavy atom. The van der Waals surface area contributed by atoms with E-state index in [-0.39, 0.29) is 28.4 Å². The van der Waals surface area contributed by atoms with Crippen LogP contribution < -0.4 is 20.3 Å². The first-order valence-electron chi connectivity index (χ1n) is 14.6. The number of pyridine rings is 1. The summed E-state index contributed by atoms with van der Waals surface area (Å²) in [5.41, 5.74) is 2.09. The summed E-state index contributed by atoms with van der Waals surface area (Å²) in [7, 11) is -1.89. The predicted molar refractivity (Wildman–Crippen MR) is 167 cm³/mol. The minimum absolute atomic E-state index is 0.0360. The second kappa shape index (κ2) is 12.8. The van der Waals surface area contributed by atoms with E-state index in [1.54, 1.807) is 38.4 Å². The first-order chi connectivity index (χ1) is 20.2. The summed E-state index contributed by atoms with van der Waals surface area (Å²) in [5, 5.41) is 2.94. The molecule has 43 heavy (non-hydrogen) atoms. The number of para-hydroxylation sites is 1. The van der Waals surface area contributed by atoms with Crippen molar-refractivity contribution in [3.05, 3.63) is 70.1 Å². The number of ether oxygens (including phenoxy) is 3. The van der Waals surface area contributed by atoms with Gasteiger partial charge in [0.05, 0.1) is 16.8 Å². The molecule has 4 rings (SSSR count). The van der Waals surface area contributed by atoms with E-state index in [2.05, 4.69) is 5.32 Å². The number of hydrogen-bond acceptors (Lipinski definition) is 7. The highest BCUT2D eigenvalue weighted by atomic mass is 32.2. The first-order valence-corrected chi connectivity index (χ1v) is 16.3. The van der Waals surface area contributed by atoms with E-state index in [0.717, 1.165) is 11.1 Å². The third-order valence-corrected chi connectivity index (χ3v) is 9.21. The van der Waals surface area contributed by atoms with E-state index in [1.807, 2.05) is 52.8 Å². The highest BCUT2D eigenvalue weighted by Crippen LogP contribution is 2.41. The summed E-state index contributed by atoms with van der Waals surface area (Å²) in [6.45, 7) is 11.0. The molecule has 3 aromatic rings. The molecule has 1 saturated carbocycles. The summed E-state index contributed by atoms with van der Waals surface area (Å²) in [5.74, 6) is 1.42. The highest BCUT2D eigenvalue weighted by molar-refractivity contribution is 7.91. The molecular weight excluding hydrogens is 568 g/mol. The Morgan fingerprint density at radius 2 is 1.63 bits per heavy atom. The van der Waals surface area contributed by atoms with E-state index >= 15 is 0 Å². The fraction of sp³-hybridized carbons (Fsp3) is 0.455. The quantitative estimate of drug-likeness (QED) is 0.311. The monoisotopic (exact) mass is 610 g/mol. The van der Waals surface area contributed by atoms with Crippen molar-refractivity contribution in [1.29, 1.82) is 0 Å². The zero-order valence-electron chi connectivity index (χ0n) is 26.0. The Morgan fingerprint density at radius 1 is 0.977 bits per heavy atom. The molecule has 1 aromatic heterocycles. The number of nitrogens with zero attached hydrogens (tertiary/aromatic N) is 1. The average Bonchev–Trinajstić information content (AvgIpc) is 2.93. The number of rotatable bonds is 8. The van der Waals surface area contributed by atoms with Crippen molar-refractivity contribution < 1.29 is 27.4 Å². The van der Waals surface area contributed by atoms with Gasteiger partial charge in [0.1, 0.15) is 22.8 Å². The number of amides is 1. The van der Waals surface area contributed by atoms with Crippen molar-refractivity contribution >= 4 is 15.9 Å². The van der Waals surface area contributed by atoms with Crippen LogP contribution in [0.1, 0.15) is 64.5 Å². The first kappa shape index (κ1) is 32.1. The van der Waals surface area contributed by atoms with E-state index in [1.165, 1.54) is 10.6 Å². The molecule has 1 heterocycles. The number of nitrogens with one attached hydrogen (secondary N) is 1. The van der Waals surface area contributed by atoms with Crippen LogP contribution in [0.25, 0.3) is 11.1 Å². The molecule has 0 aliphatic heterocycles. The van der Waals surface area contributed by atoms with Gasteiger partial charge in [-0.15, -0.1) is 0 Å². The largest absolute Gasteiger partial charge is 0.490 e. The number of alkyl carbamates (subject to hydrolysis) is 1. The Balaban J connectivity index is 1.68. The standard InChI is InChI=1S/C33H42N2O7S/c1-8-43(38,39)25-16-17-28(41-31-21(2)10-9-11-22(31)3)26(18-25)27-20-35(7)30(36)19-29(27)40-24-14-12-23(13-15-24)34-32(37)42-33(4,5)6/h9-11,16-20,23-24H,8,12-15H2,1-7H3,(H,34,37). The zero-order valence-corrected chi connectivity index (χ0v) is 26.8. The number of benzene rings is 2. The van der Waals surface area contributed by atoms with Gasteiger partial charge in [-0.2, -0.15) is 0 Å². The molecule has 1 amide bonds. The molecule has 1 fully saturated rings. The molecular formula is C33H42N2O7S. The molecule has 0 radical (unpaired) electrons. The maximum absolute atomic E-state index is 12.9. The van der Waals surface area contributed by atoms with Crippen LogP contribution in [0.4, 0.5) is 4.79 Å². The summed E-state index contributed by atoms with van der Waals surface area (Å²) in [4.78, 5) is 25.2.